The predicted molar refractivity (Wildman–Crippen MR) is 211 cm³/mol. The van der Waals surface area contributed by atoms with Crippen LogP contribution in [0.5, 0.6) is 0 Å². The van der Waals surface area contributed by atoms with Crippen LogP contribution in [-0.2, 0) is 14.2 Å². The number of likely N-dealkylation sites (tertiary alicyclic amines) is 1. The van der Waals surface area contributed by atoms with E-state index in [1.807, 2.05) is 0 Å². The molecular weight excluding hydrogens is 590 g/mol. The van der Waals surface area contributed by atoms with E-state index in [1.165, 1.54) is 141 Å². The summed E-state index contributed by atoms with van der Waals surface area (Å²) in [4.78, 5) is 2.52. The minimum absolute atomic E-state index is 0.218. The van der Waals surface area contributed by atoms with Gasteiger partial charge in [-0.2, -0.15) is 0 Å². The van der Waals surface area contributed by atoms with Crippen LogP contribution in [-0.4, -0.2) is 63.7 Å². The monoisotopic (exact) mass is 672 g/mol. The highest BCUT2D eigenvalue weighted by atomic mass is 16.5. The Hall–Kier alpha value is -1.20. The molecule has 48 heavy (non-hydrogen) atoms. The average Bonchev–Trinajstić information content (AvgIpc) is 3.48. The van der Waals surface area contributed by atoms with Crippen molar-refractivity contribution in [1.82, 2.24) is 4.90 Å². The zero-order valence-electron chi connectivity index (χ0n) is 32.4. The second-order valence-corrected chi connectivity index (χ2v) is 14.1. The summed E-state index contributed by atoms with van der Waals surface area (Å²) in [6.07, 6.45) is 51.0. The van der Waals surface area contributed by atoms with Crippen LogP contribution in [0.1, 0.15) is 174 Å². The average molecular weight is 672 g/mol. The molecule has 2 atom stereocenters. The van der Waals surface area contributed by atoms with Gasteiger partial charge in [-0.1, -0.05) is 140 Å². The van der Waals surface area contributed by atoms with Crippen molar-refractivity contribution in [3.63, 3.8) is 0 Å². The Bertz CT molecular complexity index is 702. The van der Waals surface area contributed by atoms with E-state index < -0.39 is 0 Å². The van der Waals surface area contributed by atoms with Crippen molar-refractivity contribution >= 4 is 0 Å². The van der Waals surface area contributed by atoms with Crippen molar-refractivity contribution in [3.05, 3.63) is 48.6 Å². The number of allylic oxidation sites excluding steroid dienone is 8. The molecule has 0 unspecified atom stereocenters. The smallest absolute Gasteiger partial charge is 0.0975 e. The third-order valence-electron chi connectivity index (χ3n) is 9.47. The maximum absolute atomic E-state index is 6.43. The van der Waals surface area contributed by atoms with Gasteiger partial charge in [0.2, 0.25) is 0 Å². The number of nitrogens with zero attached hydrogens (tertiary/aromatic N) is 1. The summed E-state index contributed by atoms with van der Waals surface area (Å²) in [6, 6.07) is 0. The van der Waals surface area contributed by atoms with Crippen molar-refractivity contribution in [1.29, 1.82) is 0 Å². The number of unbranched alkanes of at least 4 members (excludes halogenated alkanes) is 18. The minimum atomic E-state index is 0.218. The second-order valence-electron chi connectivity index (χ2n) is 14.1. The zero-order valence-corrected chi connectivity index (χ0v) is 32.4. The molecule has 1 aliphatic rings. The number of hydrogen-bond acceptors (Lipinski definition) is 4. The first kappa shape index (κ1) is 44.8. The second kappa shape index (κ2) is 37.1. The Balaban J connectivity index is 2.07. The molecule has 1 aliphatic heterocycles. The summed E-state index contributed by atoms with van der Waals surface area (Å²) in [5, 5.41) is 0. The van der Waals surface area contributed by atoms with Crippen LogP contribution in [0.25, 0.3) is 0 Å². The molecule has 0 amide bonds. The maximum Gasteiger partial charge on any atom is 0.0975 e. The summed E-state index contributed by atoms with van der Waals surface area (Å²) in [5.41, 5.74) is 0. The highest BCUT2D eigenvalue weighted by molar-refractivity contribution is 4.93. The van der Waals surface area contributed by atoms with E-state index in [-0.39, 0.29) is 12.2 Å². The molecule has 0 bridgehead atoms. The SMILES string of the molecule is CCCCC/C=C\C/C=C\CCCCCCCCO[C@@H]1CN(CCCOC)C[C@H]1OCCCCCCCC/C=C\C/C=C\CCCCC. The van der Waals surface area contributed by atoms with E-state index in [1.54, 1.807) is 7.11 Å². The fraction of sp³-hybridized carbons (Fsp3) is 0.818. The molecule has 1 fully saturated rings. The maximum atomic E-state index is 6.43. The Kier molecular flexibility index (Phi) is 34.6. The molecule has 1 rings (SSSR count). The van der Waals surface area contributed by atoms with Gasteiger partial charge in [0.25, 0.3) is 0 Å². The van der Waals surface area contributed by atoms with Crippen LogP contribution < -0.4 is 0 Å². The normalized spacial score (nSPS) is 17.5. The van der Waals surface area contributed by atoms with Crippen molar-refractivity contribution in [2.45, 2.75) is 187 Å². The van der Waals surface area contributed by atoms with Crippen molar-refractivity contribution in [2.24, 2.45) is 0 Å². The Morgan fingerprint density at radius 1 is 0.438 bits per heavy atom. The molecule has 0 aromatic rings. The van der Waals surface area contributed by atoms with E-state index in [9.17, 15) is 0 Å². The molecule has 0 saturated carbocycles. The lowest BCUT2D eigenvalue weighted by Crippen LogP contribution is -2.30. The van der Waals surface area contributed by atoms with Crippen molar-refractivity contribution < 1.29 is 14.2 Å². The van der Waals surface area contributed by atoms with Crippen molar-refractivity contribution in [2.75, 3.05) is 46.6 Å². The van der Waals surface area contributed by atoms with Crippen LogP contribution in [0.3, 0.4) is 0 Å². The molecule has 0 aliphatic carbocycles. The molecule has 0 aromatic carbocycles. The number of hydrogen-bond donors (Lipinski definition) is 0. The first-order valence-electron chi connectivity index (χ1n) is 20.9. The molecule has 4 nitrogen and oxygen atoms in total. The number of methoxy groups -OCH3 is 1. The highest BCUT2D eigenvalue weighted by Crippen LogP contribution is 2.19. The Labute approximate surface area is 300 Å². The third kappa shape index (κ3) is 29.7. The molecule has 4 heteroatoms. The lowest BCUT2D eigenvalue weighted by molar-refractivity contribution is -0.0481. The quantitative estimate of drug-likeness (QED) is 0.0490. The molecule has 0 N–H and O–H groups in total. The third-order valence-corrected chi connectivity index (χ3v) is 9.47. The highest BCUT2D eigenvalue weighted by Gasteiger charge is 2.33. The van der Waals surface area contributed by atoms with Crippen LogP contribution in [0, 0.1) is 0 Å². The summed E-state index contributed by atoms with van der Waals surface area (Å²) >= 11 is 0. The van der Waals surface area contributed by atoms with Gasteiger partial charge in [0, 0.05) is 46.6 Å². The first-order chi connectivity index (χ1) is 23.8. The van der Waals surface area contributed by atoms with Gasteiger partial charge in [-0.05, 0) is 83.5 Å². The minimum Gasteiger partial charge on any atom is -0.385 e. The van der Waals surface area contributed by atoms with E-state index in [0.29, 0.717) is 0 Å². The van der Waals surface area contributed by atoms with Gasteiger partial charge in [-0.25, -0.2) is 0 Å². The van der Waals surface area contributed by atoms with Gasteiger partial charge in [-0.3, -0.25) is 4.90 Å². The van der Waals surface area contributed by atoms with E-state index in [4.69, 9.17) is 14.2 Å². The Morgan fingerprint density at radius 2 is 0.812 bits per heavy atom. The molecule has 1 heterocycles. The van der Waals surface area contributed by atoms with Gasteiger partial charge in [-0.15, -0.1) is 0 Å². The Morgan fingerprint density at radius 3 is 1.21 bits per heavy atom. The molecule has 0 aromatic heterocycles. The van der Waals surface area contributed by atoms with Crippen molar-refractivity contribution in [3.8, 4) is 0 Å². The first-order valence-corrected chi connectivity index (χ1v) is 20.9. The predicted octanol–water partition coefficient (Wildman–Crippen LogP) is 12.7. The summed E-state index contributed by atoms with van der Waals surface area (Å²) < 4.78 is 18.2. The van der Waals surface area contributed by atoms with Crippen LogP contribution in [0.4, 0.5) is 0 Å². The summed E-state index contributed by atoms with van der Waals surface area (Å²) in [5.74, 6) is 0. The van der Waals surface area contributed by atoms with E-state index in [0.717, 1.165) is 58.7 Å². The number of ether oxygens (including phenoxy) is 3. The lowest BCUT2D eigenvalue weighted by Gasteiger charge is -2.20. The molecule has 1 saturated heterocycles. The van der Waals surface area contributed by atoms with Gasteiger partial charge in [0.05, 0.1) is 12.2 Å². The van der Waals surface area contributed by atoms with E-state index in [2.05, 4.69) is 67.4 Å². The van der Waals surface area contributed by atoms with E-state index >= 15 is 0 Å². The van der Waals surface area contributed by atoms with Gasteiger partial charge < -0.3 is 14.2 Å². The number of rotatable bonds is 36. The molecule has 0 radical (unpaired) electrons. The summed E-state index contributed by atoms with van der Waals surface area (Å²) in [6.45, 7) is 10.2. The van der Waals surface area contributed by atoms with Gasteiger partial charge in [0.1, 0.15) is 0 Å². The molecule has 0 spiro atoms. The fourth-order valence-electron chi connectivity index (χ4n) is 6.40. The molecule has 280 valence electrons. The standard InChI is InChI=1S/C44H81NO3/c1-4-6-8-10-12-14-16-18-20-22-24-26-28-30-32-34-39-47-43-41-45(37-36-38-46-3)42-44(43)48-40-35-33-31-29-27-25-23-21-19-17-15-13-11-9-7-5-2/h12-15,18-21,43-44H,4-11,16-17,22-42H2,1-3H3/b14-12-,15-13-,20-18-,21-19-/t43-,44-/m1/s1. The zero-order chi connectivity index (χ0) is 34.4. The van der Waals surface area contributed by atoms with Crippen LogP contribution in [0.15, 0.2) is 48.6 Å². The van der Waals surface area contributed by atoms with Gasteiger partial charge in [0.15, 0.2) is 0 Å². The van der Waals surface area contributed by atoms with Crippen LogP contribution in [0.2, 0.25) is 0 Å². The van der Waals surface area contributed by atoms with Gasteiger partial charge >= 0.3 is 0 Å². The fourth-order valence-corrected chi connectivity index (χ4v) is 6.40. The molecular formula is C44H81NO3. The summed E-state index contributed by atoms with van der Waals surface area (Å²) in [7, 11) is 1.79. The largest absolute Gasteiger partial charge is 0.385 e. The van der Waals surface area contributed by atoms with Crippen LogP contribution >= 0.6 is 0 Å². The topological polar surface area (TPSA) is 30.9 Å². The lowest BCUT2D eigenvalue weighted by atomic mass is 10.1.